The molecule has 0 aliphatic heterocycles. The summed E-state index contributed by atoms with van der Waals surface area (Å²) in [5, 5.41) is 0. The molecule has 0 nitrogen and oxygen atoms in total. The van der Waals surface area contributed by atoms with Gasteiger partial charge in [-0.1, -0.05) is 14.3 Å². The van der Waals surface area contributed by atoms with Gasteiger partial charge in [0.1, 0.15) is 0 Å². The zero-order valence-electron chi connectivity index (χ0n) is 5.82. The fraction of sp³-hybridized carbons (Fsp3) is 1.00. The van der Waals surface area contributed by atoms with Gasteiger partial charge >= 0.3 is 0 Å². The molecule has 0 bridgehead atoms. The maximum atomic E-state index is 5.75. The van der Waals surface area contributed by atoms with Crippen molar-refractivity contribution in [2.24, 2.45) is 0 Å². The quantitative estimate of drug-likeness (QED) is 0.522. The predicted molar refractivity (Wildman–Crippen MR) is 35.4 cm³/mol. The Morgan fingerprint density at radius 1 is 1.83 bits per heavy atom. The molecule has 0 atom stereocenters. The average molecular weight is 107 g/mol. The van der Waals surface area contributed by atoms with E-state index in [2.05, 4.69) is 13.2 Å². The van der Waals surface area contributed by atoms with Gasteiger partial charge in [0, 0.05) is 1.37 Å². The topological polar surface area (TPSA) is 0 Å². The van der Waals surface area contributed by atoms with E-state index in [1.807, 2.05) is 11.8 Å². The molecule has 0 aromatic carbocycles. The molecule has 0 aliphatic rings. The molecule has 0 fully saturated rings. The highest BCUT2D eigenvalue weighted by molar-refractivity contribution is 7.98. The minimum Gasteiger partial charge on any atom is -0.165 e. The monoisotopic (exact) mass is 107 g/mol. The number of thioether (sulfide) groups is 1. The highest BCUT2D eigenvalue weighted by Gasteiger charge is 1.67. The summed E-state index contributed by atoms with van der Waals surface area (Å²) in [6.45, 7) is 2.19. The van der Waals surface area contributed by atoms with Crippen molar-refractivity contribution in [3.05, 3.63) is 0 Å². The van der Waals surface area contributed by atoms with E-state index >= 15 is 0 Å². The van der Waals surface area contributed by atoms with Crippen molar-refractivity contribution in [2.75, 3.05) is 12.0 Å². The van der Waals surface area contributed by atoms with E-state index in [-0.39, 0.29) is 0 Å². The Bertz CT molecular complexity index is 15.6. The van der Waals surface area contributed by atoms with Crippen LogP contribution in [0.4, 0.5) is 0 Å². The molecule has 40 valence electrons. The molecule has 0 saturated heterocycles. The van der Waals surface area contributed by atoms with Gasteiger partial charge in [-0.2, -0.15) is 11.8 Å². The van der Waals surface area contributed by atoms with Crippen molar-refractivity contribution in [3.8, 4) is 0 Å². The molecule has 0 N–H and O–H groups in total. The van der Waals surface area contributed by atoms with Crippen molar-refractivity contribution < 1.29 is 1.37 Å². The van der Waals surface area contributed by atoms with Crippen molar-refractivity contribution in [1.82, 2.24) is 0 Å². The lowest BCUT2D eigenvalue weighted by molar-refractivity contribution is 1.11. The van der Waals surface area contributed by atoms with Gasteiger partial charge in [-0.15, -0.1) is 0 Å². The van der Waals surface area contributed by atoms with Crippen LogP contribution in [0.2, 0.25) is 0 Å². The summed E-state index contributed by atoms with van der Waals surface area (Å²) in [5.41, 5.74) is 0. The third kappa shape index (κ3) is 8.84. The molecule has 0 rings (SSSR count). The summed E-state index contributed by atoms with van der Waals surface area (Å²) in [6, 6.07) is 0. The predicted octanol–water partition coefficient (Wildman–Crippen LogP) is 2.40. The molecule has 0 saturated carbocycles. The van der Waals surface area contributed by atoms with Crippen LogP contribution in [0.3, 0.4) is 0 Å². The van der Waals surface area contributed by atoms with Gasteiger partial charge in [-0.05, 0) is 18.4 Å². The Kier molecular flexibility index (Phi) is 9.55. The lowest BCUT2D eigenvalue weighted by Crippen LogP contribution is -1.64. The third-order valence-electron chi connectivity index (χ3n) is 0.408. The van der Waals surface area contributed by atoms with Crippen LogP contribution in [0.1, 0.15) is 22.1 Å². The largest absolute Gasteiger partial charge is 0.165 e. The highest BCUT2D eigenvalue weighted by Crippen LogP contribution is 1.91. The molecule has 0 heterocycles. The number of hydrogen-bond acceptors (Lipinski definition) is 1. The maximum absolute atomic E-state index is 5.75. The van der Waals surface area contributed by atoms with Crippen LogP contribution in [0, 0.1) is 0 Å². The zero-order valence-corrected chi connectivity index (χ0v) is 5.64. The number of hydrogen-bond donors (Lipinski definition) is 0. The standard InChI is InChI=1S/C4H10S.CH4/c1-3-4-5-2;/h3-4H2,1-2H3;1H4/i;1D. The Hall–Kier alpha value is 0.350. The number of rotatable bonds is 2. The molecule has 6 heavy (non-hydrogen) atoms. The van der Waals surface area contributed by atoms with Gasteiger partial charge in [-0.3, -0.25) is 0 Å². The lowest BCUT2D eigenvalue weighted by atomic mass is 10.6. The summed E-state index contributed by atoms with van der Waals surface area (Å²) in [7, 11) is 1.25. The molecule has 1 heteroatoms. The summed E-state index contributed by atoms with van der Waals surface area (Å²) in [5.74, 6) is 1.31. The summed E-state index contributed by atoms with van der Waals surface area (Å²) in [4.78, 5) is 0. The smallest absolute Gasteiger partial charge is 0.0194 e. The SMILES string of the molecule is CCCSC.[2H]C. The normalized spacial score (nSPS) is 8.17. The van der Waals surface area contributed by atoms with E-state index in [0.29, 0.717) is 0 Å². The maximum Gasteiger partial charge on any atom is 0.0194 e. The molecule has 0 unspecified atom stereocenters. The molecule has 0 aliphatic carbocycles. The van der Waals surface area contributed by atoms with Gasteiger partial charge in [0.2, 0.25) is 0 Å². The Labute approximate surface area is 46.7 Å². The van der Waals surface area contributed by atoms with Crippen LogP contribution in [-0.4, -0.2) is 12.0 Å². The van der Waals surface area contributed by atoms with Gasteiger partial charge in [0.15, 0.2) is 0 Å². The first-order valence-corrected chi connectivity index (χ1v) is 3.30. The minimum atomic E-state index is 1.25. The minimum absolute atomic E-state index is 1.25. The van der Waals surface area contributed by atoms with Crippen molar-refractivity contribution in [3.63, 3.8) is 0 Å². The second-order valence-corrected chi connectivity index (χ2v) is 1.98. The van der Waals surface area contributed by atoms with E-state index in [1.165, 1.54) is 19.6 Å². The summed E-state index contributed by atoms with van der Waals surface area (Å²) >= 11 is 1.90. The molecular weight excluding hydrogens is 92.1 g/mol. The van der Waals surface area contributed by atoms with Crippen LogP contribution in [0.25, 0.3) is 0 Å². The summed E-state index contributed by atoms with van der Waals surface area (Å²) < 4.78 is 5.75. The van der Waals surface area contributed by atoms with Gasteiger partial charge in [0.05, 0.1) is 0 Å². The van der Waals surface area contributed by atoms with Crippen molar-refractivity contribution >= 4 is 11.8 Å². The van der Waals surface area contributed by atoms with E-state index in [9.17, 15) is 0 Å². The highest BCUT2D eigenvalue weighted by atomic mass is 32.2. The van der Waals surface area contributed by atoms with E-state index in [0.717, 1.165) is 0 Å². The molecule has 0 amide bonds. The first kappa shape index (κ1) is 6.35. The van der Waals surface area contributed by atoms with Crippen LogP contribution < -0.4 is 0 Å². The molecular formula is C5H14S. The fourth-order valence-corrected chi connectivity index (χ4v) is 0.612. The Morgan fingerprint density at radius 2 is 2.33 bits per heavy atom. The molecule has 0 spiro atoms. The Morgan fingerprint density at radius 3 is 2.33 bits per heavy atom. The molecule has 0 radical (unpaired) electrons. The Balaban J connectivity index is 0. The summed E-state index contributed by atoms with van der Waals surface area (Å²) in [6.07, 6.45) is 3.44. The van der Waals surface area contributed by atoms with E-state index in [1.54, 1.807) is 0 Å². The lowest BCUT2D eigenvalue weighted by Gasteiger charge is -1.80. The second-order valence-electron chi connectivity index (χ2n) is 0.993. The molecule has 0 aromatic heterocycles. The third-order valence-corrected chi connectivity index (χ3v) is 1.22. The first-order chi connectivity index (χ1) is 3.41. The van der Waals surface area contributed by atoms with Crippen molar-refractivity contribution in [1.29, 1.82) is 0 Å². The van der Waals surface area contributed by atoms with Gasteiger partial charge in [0.25, 0.3) is 0 Å². The van der Waals surface area contributed by atoms with Gasteiger partial charge < -0.3 is 0 Å². The average Bonchev–Trinajstić information content (AvgIpc) is 1.75. The van der Waals surface area contributed by atoms with Crippen molar-refractivity contribution in [2.45, 2.75) is 20.7 Å². The first-order valence-electron chi connectivity index (χ1n) is 2.90. The second kappa shape index (κ2) is 9.02. The van der Waals surface area contributed by atoms with E-state index < -0.39 is 0 Å². The fourth-order valence-electron chi connectivity index (χ4n) is 0.204. The molecule has 0 aromatic rings. The van der Waals surface area contributed by atoms with Crippen LogP contribution in [0.15, 0.2) is 0 Å². The van der Waals surface area contributed by atoms with Gasteiger partial charge in [-0.25, -0.2) is 0 Å². The van der Waals surface area contributed by atoms with E-state index in [4.69, 9.17) is 1.37 Å². The van der Waals surface area contributed by atoms with Crippen LogP contribution in [-0.2, 0) is 0 Å². The van der Waals surface area contributed by atoms with Crippen LogP contribution in [0.5, 0.6) is 0 Å². The zero-order chi connectivity index (χ0) is 6.12. The van der Waals surface area contributed by atoms with Crippen LogP contribution >= 0.6 is 11.8 Å².